The van der Waals surface area contributed by atoms with Gasteiger partial charge in [-0.05, 0) is 50.2 Å². The summed E-state index contributed by atoms with van der Waals surface area (Å²) in [5, 5.41) is 8.06. The van der Waals surface area contributed by atoms with Crippen molar-refractivity contribution in [2.24, 2.45) is 5.10 Å². The Morgan fingerprint density at radius 2 is 1.46 bits per heavy atom. The van der Waals surface area contributed by atoms with Crippen LogP contribution in [-0.2, 0) is 0 Å². The molecule has 0 fully saturated rings. The van der Waals surface area contributed by atoms with Crippen molar-refractivity contribution in [3.8, 4) is 5.75 Å². The van der Waals surface area contributed by atoms with Gasteiger partial charge in [-0.2, -0.15) is 5.10 Å². The van der Waals surface area contributed by atoms with Crippen LogP contribution in [0.5, 0.6) is 5.75 Å². The number of hydrogen-bond donors (Lipinski definition) is 0. The molecule has 1 aliphatic rings. The number of rotatable bonds is 5. The van der Waals surface area contributed by atoms with Gasteiger partial charge >= 0.3 is 0 Å². The van der Waals surface area contributed by atoms with Gasteiger partial charge in [-0.1, -0.05) is 60.3 Å². The maximum absolute atomic E-state index is 5.60. The predicted molar refractivity (Wildman–Crippen MR) is 120 cm³/mol. The minimum atomic E-state index is 0.664. The lowest BCUT2D eigenvalue weighted by molar-refractivity contribution is 0.340. The lowest BCUT2D eigenvalue weighted by Gasteiger charge is -2.29. The van der Waals surface area contributed by atoms with E-state index >= 15 is 0 Å². The molecule has 4 rings (SSSR count). The first kappa shape index (κ1) is 18.4. The fraction of sp³-hybridized carbons (Fsp3) is 0.125. The van der Waals surface area contributed by atoms with Crippen LogP contribution in [0.4, 0.5) is 5.69 Å². The molecular formula is C24H22N2OS. The van der Waals surface area contributed by atoms with E-state index in [1.807, 2.05) is 60.5 Å². The molecule has 0 aliphatic carbocycles. The molecule has 0 spiro atoms. The topological polar surface area (TPSA) is 24.8 Å². The Labute approximate surface area is 170 Å². The first-order valence-electron chi connectivity index (χ1n) is 9.37. The Bertz CT molecular complexity index is 996. The quantitative estimate of drug-likeness (QED) is 0.508. The standard InChI is InChI=1S/C24H22N2OS/c1-3-27-22-16-14-19(15-17-22)23-18(2)28-24(20-10-6-4-7-11-20)25-26(23)21-12-8-5-9-13-21/h4-17H,3H2,1-2H3. The van der Waals surface area contributed by atoms with Crippen LogP contribution >= 0.6 is 11.8 Å². The Morgan fingerprint density at radius 1 is 0.821 bits per heavy atom. The molecule has 4 heteroatoms. The van der Waals surface area contributed by atoms with Crippen molar-refractivity contribution >= 4 is 28.2 Å². The molecule has 0 atom stereocenters. The molecule has 0 radical (unpaired) electrons. The van der Waals surface area contributed by atoms with Gasteiger partial charge in [0.05, 0.1) is 18.0 Å². The summed E-state index contributed by atoms with van der Waals surface area (Å²) in [6, 6.07) is 28.8. The van der Waals surface area contributed by atoms with Crippen LogP contribution in [-0.4, -0.2) is 11.7 Å². The minimum absolute atomic E-state index is 0.664. The van der Waals surface area contributed by atoms with E-state index in [1.165, 1.54) is 4.91 Å². The van der Waals surface area contributed by atoms with Crippen LogP contribution in [0.15, 0.2) is 94.9 Å². The van der Waals surface area contributed by atoms with E-state index < -0.39 is 0 Å². The van der Waals surface area contributed by atoms with Gasteiger partial charge in [-0.15, -0.1) is 0 Å². The molecule has 3 nitrogen and oxygen atoms in total. The number of thioether (sulfide) groups is 1. The molecule has 3 aromatic rings. The van der Waals surface area contributed by atoms with E-state index in [-0.39, 0.29) is 0 Å². The molecule has 0 saturated heterocycles. The number of hydrazone groups is 1. The van der Waals surface area contributed by atoms with Crippen molar-refractivity contribution in [3.63, 3.8) is 0 Å². The van der Waals surface area contributed by atoms with Crippen molar-refractivity contribution in [1.82, 2.24) is 0 Å². The third-order valence-corrected chi connectivity index (χ3v) is 5.46. The van der Waals surface area contributed by atoms with Crippen LogP contribution in [0.2, 0.25) is 0 Å². The molecule has 0 bridgehead atoms. The van der Waals surface area contributed by atoms with E-state index in [1.54, 1.807) is 11.8 Å². The van der Waals surface area contributed by atoms with E-state index in [2.05, 4.69) is 43.3 Å². The van der Waals surface area contributed by atoms with Gasteiger partial charge in [0.1, 0.15) is 10.8 Å². The maximum Gasteiger partial charge on any atom is 0.129 e. The highest BCUT2D eigenvalue weighted by Crippen LogP contribution is 2.39. The summed E-state index contributed by atoms with van der Waals surface area (Å²) in [5.41, 5.74) is 4.38. The monoisotopic (exact) mass is 386 g/mol. The molecule has 0 N–H and O–H groups in total. The fourth-order valence-electron chi connectivity index (χ4n) is 3.16. The maximum atomic E-state index is 5.60. The normalized spacial score (nSPS) is 14.1. The lowest BCUT2D eigenvalue weighted by Crippen LogP contribution is -2.22. The summed E-state index contributed by atoms with van der Waals surface area (Å²) < 4.78 is 5.60. The second-order valence-corrected chi connectivity index (χ2v) is 7.59. The molecule has 0 unspecified atom stereocenters. The third-order valence-electron chi connectivity index (χ3n) is 4.45. The highest BCUT2D eigenvalue weighted by Gasteiger charge is 2.24. The van der Waals surface area contributed by atoms with E-state index in [4.69, 9.17) is 9.84 Å². The second kappa shape index (κ2) is 8.36. The Morgan fingerprint density at radius 3 is 2.11 bits per heavy atom. The van der Waals surface area contributed by atoms with Crippen molar-refractivity contribution in [3.05, 3.63) is 101 Å². The average molecular weight is 387 g/mol. The first-order chi connectivity index (χ1) is 13.8. The number of nitrogens with zero attached hydrogens (tertiary/aromatic N) is 2. The summed E-state index contributed by atoms with van der Waals surface area (Å²) in [6.45, 7) is 4.82. The molecule has 1 heterocycles. The van der Waals surface area contributed by atoms with Crippen LogP contribution in [0.25, 0.3) is 5.70 Å². The summed E-state index contributed by atoms with van der Waals surface area (Å²) >= 11 is 1.71. The van der Waals surface area contributed by atoms with Crippen molar-refractivity contribution < 1.29 is 4.74 Å². The van der Waals surface area contributed by atoms with Gasteiger partial charge in [0.15, 0.2) is 0 Å². The number of benzene rings is 3. The van der Waals surface area contributed by atoms with Crippen molar-refractivity contribution in [2.75, 3.05) is 11.6 Å². The number of allylic oxidation sites excluding steroid dienone is 1. The molecule has 3 aromatic carbocycles. The summed E-state index contributed by atoms with van der Waals surface area (Å²) in [5.74, 6) is 0.882. The Kier molecular flexibility index (Phi) is 5.49. The molecule has 0 aromatic heterocycles. The zero-order valence-corrected chi connectivity index (χ0v) is 16.8. The summed E-state index contributed by atoms with van der Waals surface area (Å²) in [6.07, 6.45) is 0. The van der Waals surface area contributed by atoms with Crippen LogP contribution in [0.3, 0.4) is 0 Å². The van der Waals surface area contributed by atoms with Gasteiger partial charge in [-0.25, -0.2) is 5.01 Å². The molecular weight excluding hydrogens is 364 g/mol. The third kappa shape index (κ3) is 3.82. The smallest absolute Gasteiger partial charge is 0.129 e. The summed E-state index contributed by atoms with van der Waals surface area (Å²) in [7, 11) is 0. The largest absolute Gasteiger partial charge is 0.494 e. The lowest BCUT2D eigenvalue weighted by atomic mass is 10.1. The van der Waals surface area contributed by atoms with E-state index in [9.17, 15) is 0 Å². The second-order valence-electron chi connectivity index (χ2n) is 6.38. The van der Waals surface area contributed by atoms with Gasteiger partial charge in [0.25, 0.3) is 0 Å². The minimum Gasteiger partial charge on any atom is -0.494 e. The number of para-hydroxylation sites is 1. The molecule has 0 amide bonds. The number of hydrogen-bond acceptors (Lipinski definition) is 4. The summed E-state index contributed by atoms with van der Waals surface area (Å²) in [4.78, 5) is 1.21. The van der Waals surface area contributed by atoms with Gasteiger partial charge in [0, 0.05) is 16.0 Å². The Hall–Kier alpha value is -2.98. The van der Waals surface area contributed by atoms with Crippen LogP contribution < -0.4 is 9.75 Å². The molecule has 140 valence electrons. The first-order valence-corrected chi connectivity index (χ1v) is 10.2. The average Bonchev–Trinajstić information content (AvgIpc) is 2.75. The fourth-order valence-corrected chi connectivity index (χ4v) is 4.13. The SMILES string of the molecule is CCOc1ccc(C2=C(C)SC(c3ccccc3)=NN2c2ccccc2)cc1. The van der Waals surface area contributed by atoms with Gasteiger partial charge in [-0.3, -0.25) is 0 Å². The van der Waals surface area contributed by atoms with Crippen molar-refractivity contribution in [1.29, 1.82) is 0 Å². The number of ether oxygens (including phenoxy) is 1. The zero-order valence-electron chi connectivity index (χ0n) is 16.0. The predicted octanol–water partition coefficient (Wildman–Crippen LogP) is 6.39. The number of anilines is 1. The van der Waals surface area contributed by atoms with E-state index in [0.29, 0.717) is 6.61 Å². The highest BCUT2D eigenvalue weighted by atomic mass is 32.2. The van der Waals surface area contributed by atoms with Gasteiger partial charge in [0.2, 0.25) is 0 Å². The van der Waals surface area contributed by atoms with Crippen molar-refractivity contribution in [2.45, 2.75) is 13.8 Å². The highest BCUT2D eigenvalue weighted by molar-refractivity contribution is 8.17. The van der Waals surface area contributed by atoms with Gasteiger partial charge < -0.3 is 4.74 Å². The zero-order chi connectivity index (χ0) is 19.3. The van der Waals surface area contributed by atoms with Crippen LogP contribution in [0, 0.1) is 0 Å². The Balaban J connectivity index is 1.78. The molecule has 28 heavy (non-hydrogen) atoms. The van der Waals surface area contributed by atoms with E-state index in [0.717, 1.165) is 33.3 Å². The molecule has 0 saturated carbocycles. The molecule has 1 aliphatic heterocycles. The van der Waals surface area contributed by atoms with Crippen LogP contribution in [0.1, 0.15) is 25.0 Å².